The molecular weight excluding hydrogens is 378 g/mol. The van der Waals surface area contributed by atoms with Gasteiger partial charge in [-0.2, -0.15) is 0 Å². The van der Waals surface area contributed by atoms with E-state index in [0.29, 0.717) is 18.4 Å². The van der Waals surface area contributed by atoms with Crippen LogP contribution < -0.4 is 0 Å². The maximum Gasteiger partial charge on any atom is 0.222 e. The van der Waals surface area contributed by atoms with Gasteiger partial charge in [0.25, 0.3) is 0 Å². The third-order valence-corrected chi connectivity index (χ3v) is 7.94. The standard InChI is InChI=1S/C29H27NO/c1-29-16-15-28(31)30(2)27(29)14-12-21-17-20(11-13-26(21)29)25-18-19-7-3-4-8-22(19)23-9-5-6-10-24(23)25/h3-11,13,17-18,27H,12,14-16H2,1-2H3/t27?,29-/m1/s1. The Morgan fingerprint density at radius 1 is 0.871 bits per heavy atom. The normalized spacial score (nSPS) is 23.1. The van der Waals surface area contributed by atoms with Crippen LogP contribution in [0, 0.1) is 0 Å². The summed E-state index contributed by atoms with van der Waals surface area (Å²) in [4.78, 5) is 14.3. The van der Waals surface area contributed by atoms with Crippen molar-refractivity contribution in [2.45, 2.75) is 44.1 Å². The maximum absolute atomic E-state index is 12.3. The van der Waals surface area contributed by atoms with Crippen molar-refractivity contribution in [2.75, 3.05) is 7.05 Å². The number of piperidine rings is 1. The Hall–Kier alpha value is -3.13. The molecule has 0 saturated carbocycles. The smallest absolute Gasteiger partial charge is 0.222 e. The first kappa shape index (κ1) is 18.6. The molecule has 4 aromatic carbocycles. The Labute approximate surface area is 183 Å². The number of benzene rings is 4. The molecule has 1 unspecified atom stereocenters. The van der Waals surface area contributed by atoms with Gasteiger partial charge in [-0.1, -0.05) is 73.7 Å². The summed E-state index contributed by atoms with van der Waals surface area (Å²) in [7, 11) is 1.99. The van der Waals surface area contributed by atoms with Crippen LogP contribution in [0.4, 0.5) is 0 Å². The zero-order valence-electron chi connectivity index (χ0n) is 18.2. The Morgan fingerprint density at radius 2 is 1.61 bits per heavy atom. The SMILES string of the molecule is CN1C(=O)CC[C@]2(C)c3ccc(-c4cc5ccccc5c5ccccc45)cc3CCC12. The highest BCUT2D eigenvalue weighted by molar-refractivity contribution is 6.13. The van der Waals surface area contributed by atoms with E-state index in [2.05, 4.69) is 79.7 Å². The number of carbonyl (C=O) groups is 1. The minimum absolute atomic E-state index is 0.0558. The Bertz CT molecular complexity index is 1350. The molecule has 1 heterocycles. The van der Waals surface area contributed by atoms with Crippen LogP contribution in [0.2, 0.25) is 0 Å². The molecule has 1 saturated heterocycles. The minimum Gasteiger partial charge on any atom is -0.342 e. The highest BCUT2D eigenvalue weighted by atomic mass is 16.2. The van der Waals surface area contributed by atoms with Crippen LogP contribution >= 0.6 is 0 Å². The monoisotopic (exact) mass is 405 g/mol. The fourth-order valence-corrected chi connectivity index (χ4v) is 6.25. The van der Waals surface area contributed by atoms with E-state index >= 15 is 0 Å². The lowest BCUT2D eigenvalue weighted by atomic mass is 9.63. The quantitative estimate of drug-likeness (QED) is 0.332. The van der Waals surface area contributed by atoms with Gasteiger partial charge in [-0.05, 0) is 69.1 Å². The number of hydrogen-bond donors (Lipinski definition) is 0. The van der Waals surface area contributed by atoms with Crippen molar-refractivity contribution in [1.29, 1.82) is 0 Å². The number of likely N-dealkylation sites (tertiary alicyclic amines) is 1. The molecule has 1 aliphatic carbocycles. The van der Waals surface area contributed by atoms with E-state index in [4.69, 9.17) is 0 Å². The second-order valence-electron chi connectivity index (χ2n) is 9.54. The predicted octanol–water partition coefficient (Wildman–Crippen LogP) is 6.48. The predicted molar refractivity (Wildman–Crippen MR) is 128 cm³/mol. The molecule has 0 N–H and O–H groups in total. The summed E-state index contributed by atoms with van der Waals surface area (Å²) in [6.45, 7) is 2.36. The highest BCUT2D eigenvalue weighted by Crippen LogP contribution is 2.47. The van der Waals surface area contributed by atoms with Gasteiger partial charge in [-0.25, -0.2) is 0 Å². The van der Waals surface area contributed by atoms with Crippen molar-refractivity contribution >= 4 is 27.5 Å². The number of nitrogens with zero attached hydrogens (tertiary/aromatic N) is 1. The molecule has 1 amide bonds. The summed E-state index contributed by atoms with van der Waals surface area (Å²) in [5.74, 6) is 0.296. The number of fused-ring (bicyclic) bond motifs is 6. The number of aryl methyl sites for hydroxylation is 1. The first-order valence-corrected chi connectivity index (χ1v) is 11.4. The zero-order chi connectivity index (χ0) is 21.2. The maximum atomic E-state index is 12.3. The summed E-state index contributed by atoms with van der Waals surface area (Å²) < 4.78 is 0. The molecule has 2 aliphatic rings. The minimum atomic E-state index is 0.0558. The summed E-state index contributed by atoms with van der Waals surface area (Å²) in [5.41, 5.74) is 5.55. The van der Waals surface area contributed by atoms with Crippen LogP contribution in [0.5, 0.6) is 0 Å². The molecular formula is C29H27NO. The van der Waals surface area contributed by atoms with Crippen molar-refractivity contribution in [3.8, 4) is 11.1 Å². The van der Waals surface area contributed by atoms with Crippen LogP contribution in [0.1, 0.15) is 37.3 Å². The van der Waals surface area contributed by atoms with E-state index in [1.165, 1.54) is 43.8 Å². The number of amides is 1. The molecule has 1 aliphatic heterocycles. The van der Waals surface area contributed by atoms with Crippen LogP contribution in [0.3, 0.4) is 0 Å². The molecule has 0 aromatic heterocycles. The molecule has 4 aromatic rings. The third kappa shape index (κ3) is 2.67. The molecule has 6 rings (SSSR count). The molecule has 0 spiro atoms. The van der Waals surface area contributed by atoms with Gasteiger partial charge in [0.05, 0.1) is 0 Å². The fourth-order valence-electron chi connectivity index (χ4n) is 6.25. The fraction of sp³-hybridized carbons (Fsp3) is 0.276. The van der Waals surface area contributed by atoms with E-state index in [9.17, 15) is 4.79 Å². The molecule has 2 nitrogen and oxygen atoms in total. The molecule has 2 heteroatoms. The molecule has 0 bridgehead atoms. The zero-order valence-corrected chi connectivity index (χ0v) is 18.2. The number of likely N-dealkylation sites (N-methyl/N-ethyl adjacent to an activating group) is 1. The second kappa shape index (κ2) is 6.68. The lowest BCUT2D eigenvalue weighted by Gasteiger charge is -2.50. The van der Waals surface area contributed by atoms with Crippen molar-refractivity contribution in [2.24, 2.45) is 0 Å². The van der Waals surface area contributed by atoms with Gasteiger partial charge < -0.3 is 4.90 Å². The van der Waals surface area contributed by atoms with Crippen molar-refractivity contribution in [3.63, 3.8) is 0 Å². The van der Waals surface area contributed by atoms with Crippen molar-refractivity contribution in [1.82, 2.24) is 4.90 Å². The number of rotatable bonds is 1. The lowest BCUT2D eigenvalue weighted by Crippen LogP contribution is -2.56. The van der Waals surface area contributed by atoms with E-state index in [0.717, 1.165) is 19.3 Å². The van der Waals surface area contributed by atoms with E-state index in [-0.39, 0.29) is 5.41 Å². The van der Waals surface area contributed by atoms with Gasteiger partial charge in [-0.15, -0.1) is 0 Å². The van der Waals surface area contributed by atoms with Gasteiger partial charge >= 0.3 is 0 Å². The van der Waals surface area contributed by atoms with E-state index in [1.54, 1.807) is 0 Å². The average molecular weight is 406 g/mol. The summed E-state index contributed by atoms with van der Waals surface area (Å²) in [5, 5.41) is 5.22. The lowest BCUT2D eigenvalue weighted by molar-refractivity contribution is -0.138. The first-order chi connectivity index (χ1) is 15.1. The number of carbonyl (C=O) groups excluding carboxylic acids is 1. The van der Waals surface area contributed by atoms with Crippen LogP contribution in [-0.4, -0.2) is 23.9 Å². The largest absolute Gasteiger partial charge is 0.342 e. The van der Waals surface area contributed by atoms with Crippen LogP contribution in [0.15, 0.2) is 72.8 Å². The van der Waals surface area contributed by atoms with Gasteiger partial charge in [0.2, 0.25) is 5.91 Å². The van der Waals surface area contributed by atoms with E-state index in [1.807, 2.05) is 11.9 Å². The highest BCUT2D eigenvalue weighted by Gasteiger charge is 2.46. The topological polar surface area (TPSA) is 20.3 Å². The Morgan fingerprint density at radius 3 is 2.45 bits per heavy atom. The van der Waals surface area contributed by atoms with Crippen LogP contribution in [-0.2, 0) is 16.6 Å². The molecule has 2 atom stereocenters. The molecule has 0 radical (unpaired) electrons. The van der Waals surface area contributed by atoms with Gasteiger partial charge in [-0.3, -0.25) is 4.79 Å². The molecule has 154 valence electrons. The first-order valence-electron chi connectivity index (χ1n) is 11.4. The molecule has 31 heavy (non-hydrogen) atoms. The third-order valence-electron chi connectivity index (χ3n) is 7.94. The molecule has 1 fully saturated rings. The summed E-state index contributed by atoms with van der Waals surface area (Å²) in [6.07, 6.45) is 3.69. The summed E-state index contributed by atoms with van der Waals surface area (Å²) in [6, 6.07) is 27.2. The summed E-state index contributed by atoms with van der Waals surface area (Å²) >= 11 is 0. The van der Waals surface area contributed by atoms with Gasteiger partial charge in [0, 0.05) is 24.9 Å². The Kier molecular flexibility index (Phi) is 4.02. The van der Waals surface area contributed by atoms with Crippen molar-refractivity contribution < 1.29 is 4.79 Å². The van der Waals surface area contributed by atoms with E-state index < -0.39 is 0 Å². The average Bonchev–Trinajstić information content (AvgIpc) is 2.81. The van der Waals surface area contributed by atoms with Gasteiger partial charge in [0.15, 0.2) is 0 Å². The van der Waals surface area contributed by atoms with Gasteiger partial charge in [0.1, 0.15) is 0 Å². The number of hydrogen-bond acceptors (Lipinski definition) is 1. The van der Waals surface area contributed by atoms with Crippen LogP contribution in [0.25, 0.3) is 32.7 Å². The Balaban J connectivity index is 1.53. The van der Waals surface area contributed by atoms with Crippen molar-refractivity contribution in [3.05, 3.63) is 83.9 Å². The second-order valence-corrected chi connectivity index (χ2v) is 9.54.